The molecule has 2 aromatic carbocycles. The Kier molecular flexibility index (Phi) is 4.27. The average molecular weight is 294 g/mol. The van der Waals surface area contributed by atoms with Crippen LogP contribution in [-0.2, 0) is 6.42 Å². The second-order valence-electron chi connectivity index (χ2n) is 5.24. The van der Waals surface area contributed by atoms with Gasteiger partial charge in [-0.15, -0.1) is 0 Å². The van der Waals surface area contributed by atoms with Gasteiger partial charge in [-0.25, -0.2) is 0 Å². The highest BCUT2D eigenvalue weighted by molar-refractivity contribution is 5.43. The zero-order chi connectivity index (χ0) is 15.4. The Hall–Kier alpha value is -2.51. The highest BCUT2D eigenvalue weighted by atomic mass is 16.5. The van der Waals surface area contributed by atoms with Crippen molar-refractivity contribution in [3.05, 3.63) is 59.2 Å². The standard InChI is InChI=1S/C18H18N2O2/c1-21-18-10-13(11-19)6-7-14(18)8-9-20-16-12-22-17-5-3-2-4-15(16)17/h2-7,10,16,20H,8-9,12H2,1H3. The number of hydrogen-bond acceptors (Lipinski definition) is 4. The van der Waals surface area contributed by atoms with E-state index in [0.717, 1.165) is 30.0 Å². The van der Waals surface area contributed by atoms with E-state index in [4.69, 9.17) is 14.7 Å². The van der Waals surface area contributed by atoms with Crippen molar-refractivity contribution < 1.29 is 9.47 Å². The summed E-state index contributed by atoms with van der Waals surface area (Å²) in [4.78, 5) is 0. The van der Waals surface area contributed by atoms with E-state index < -0.39 is 0 Å². The Balaban J connectivity index is 1.62. The number of fused-ring (bicyclic) bond motifs is 1. The average Bonchev–Trinajstić information content (AvgIpc) is 2.98. The van der Waals surface area contributed by atoms with E-state index in [9.17, 15) is 0 Å². The third-order valence-electron chi connectivity index (χ3n) is 3.90. The molecule has 0 fully saturated rings. The number of para-hydroxylation sites is 1. The molecule has 22 heavy (non-hydrogen) atoms. The first-order valence-electron chi connectivity index (χ1n) is 7.34. The van der Waals surface area contributed by atoms with Crippen LogP contribution < -0.4 is 14.8 Å². The van der Waals surface area contributed by atoms with Crippen molar-refractivity contribution in [2.75, 3.05) is 20.3 Å². The van der Waals surface area contributed by atoms with E-state index in [1.165, 1.54) is 5.56 Å². The van der Waals surface area contributed by atoms with Crippen LogP contribution in [0.5, 0.6) is 11.5 Å². The quantitative estimate of drug-likeness (QED) is 0.921. The van der Waals surface area contributed by atoms with Crippen LogP contribution >= 0.6 is 0 Å². The smallest absolute Gasteiger partial charge is 0.124 e. The molecule has 1 unspecified atom stereocenters. The first-order valence-corrected chi connectivity index (χ1v) is 7.34. The SMILES string of the molecule is COc1cc(C#N)ccc1CCNC1COc2ccccc21. The van der Waals surface area contributed by atoms with Gasteiger partial charge in [-0.3, -0.25) is 0 Å². The summed E-state index contributed by atoms with van der Waals surface area (Å²) in [6.45, 7) is 1.49. The van der Waals surface area contributed by atoms with Crippen LogP contribution in [0.2, 0.25) is 0 Å². The number of ether oxygens (including phenoxy) is 2. The minimum absolute atomic E-state index is 0.237. The van der Waals surface area contributed by atoms with Gasteiger partial charge in [0.2, 0.25) is 0 Å². The summed E-state index contributed by atoms with van der Waals surface area (Å²) in [6, 6.07) is 16.1. The second kappa shape index (κ2) is 6.50. The highest BCUT2D eigenvalue weighted by Crippen LogP contribution is 2.31. The normalized spacial score (nSPS) is 15.7. The van der Waals surface area contributed by atoms with Crippen LogP contribution in [0.4, 0.5) is 0 Å². The molecular weight excluding hydrogens is 276 g/mol. The zero-order valence-electron chi connectivity index (χ0n) is 12.5. The number of nitriles is 1. The van der Waals surface area contributed by atoms with Crippen LogP contribution in [0, 0.1) is 11.3 Å². The number of rotatable bonds is 5. The summed E-state index contributed by atoms with van der Waals surface area (Å²) in [7, 11) is 1.63. The lowest BCUT2D eigenvalue weighted by molar-refractivity contribution is 0.311. The lowest BCUT2D eigenvalue weighted by Gasteiger charge is -2.13. The molecule has 0 aromatic heterocycles. The van der Waals surface area contributed by atoms with E-state index >= 15 is 0 Å². The van der Waals surface area contributed by atoms with Gasteiger partial charge in [0.1, 0.15) is 18.1 Å². The van der Waals surface area contributed by atoms with E-state index in [1.807, 2.05) is 30.3 Å². The highest BCUT2D eigenvalue weighted by Gasteiger charge is 2.22. The Morgan fingerprint density at radius 2 is 2.18 bits per heavy atom. The molecule has 0 spiro atoms. The van der Waals surface area contributed by atoms with E-state index in [2.05, 4.69) is 17.5 Å². The summed E-state index contributed by atoms with van der Waals surface area (Å²) in [6.07, 6.45) is 0.841. The van der Waals surface area contributed by atoms with Gasteiger partial charge in [0.05, 0.1) is 24.8 Å². The van der Waals surface area contributed by atoms with Crippen molar-refractivity contribution in [3.63, 3.8) is 0 Å². The molecule has 1 aliphatic heterocycles. The summed E-state index contributed by atoms with van der Waals surface area (Å²) in [5.74, 6) is 1.74. The van der Waals surface area contributed by atoms with Crippen LogP contribution in [-0.4, -0.2) is 20.3 Å². The maximum absolute atomic E-state index is 8.93. The molecule has 1 N–H and O–H groups in total. The van der Waals surface area contributed by atoms with Crippen LogP contribution in [0.25, 0.3) is 0 Å². The van der Waals surface area contributed by atoms with Gasteiger partial charge in [-0.2, -0.15) is 5.26 Å². The van der Waals surface area contributed by atoms with Gasteiger partial charge in [0.25, 0.3) is 0 Å². The lowest BCUT2D eigenvalue weighted by atomic mass is 10.1. The molecule has 4 heteroatoms. The zero-order valence-corrected chi connectivity index (χ0v) is 12.5. The molecule has 1 aliphatic rings. The molecule has 3 rings (SSSR count). The molecule has 112 valence electrons. The fourth-order valence-corrected chi connectivity index (χ4v) is 2.73. The van der Waals surface area contributed by atoms with Crippen molar-refractivity contribution in [3.8, 4) is 17.6 Å². The van der Waals surface area contributed by atoms with E-state index in [1.54, 1.807) is 13.2 Å². The van der Waals surface area contributed by atoms with Crippen LogP contribution in [0.1, 0.15) is 22.7 Å². The van der Waals surface area contributed by atoms with Crippen molar-refractivity contribution in [1.82, 2.24) is 5.32 Å². The summed E-state index contributed by atoms with van der Waals surface area (Å²) in [5.41, 5.74) is 2.93. The number of nitrogens with zero attached hydrogens (tertiary/aromatic N) is 1. The fourth-order valence-electron chi connectivity index (χ4n) is 2.73. The van der Waals surface area contributed by atoms with Crippen molar-refractivity contribution in [1.29, 1.82) is 5.26 Å². The van der Waals surface area contributed by atoms with Gasteiger partial charge in [-0.1, -0.05) is 24.3 Å². The van der Waals surface area contributed by atoms with Crippen molar-refractivity contribution in [2.24, 2.45) is 0 Å². The maximum Gasteiger partial charge on any atom is 0.124 e. The predicted molar refractivity (Wildman–Crippen MR) is 84.1 cm³/mol. The molecule has 0 saturated carbocycles. The van der Waals surface area contributed by atoms with Crippen molar-refractivity contribution >= 4 is 0 Å². The summed E-state index contributed by atoms with van der Waals surface area (Å²) in [5, 5.41) is 12.4. The molecule has 1 atom stereocenters. The molecule has 0 saturated heterocycles. The Morgan fingerprint density at radius 3 is 3.00 bits per heavy atom. The third-order valence-corrected chi connectivity index (χ3v) is 3.90. The van der Waals surface area contributed by atoms with Gasteiger partial charge in [0.15, 0.2) is 0 Å². The Bertz CT molecular complexity index is 706. The van der Waals surface area contributed by atoms with Gasteiger partial charge < -0.3 is 14.8 Å². The molecule has 0 bridgehead atoms. The monoisotopic (exact) mass is 294 g/mol. The largest absolute Gasteiger partial charge is 0.496 e. The predicted octanol–water partition coefficient (Wildman–Crippen LogP) is 2.83. The molecule has 0 radical (unpaired) electrons. The second-order valence-corrected chi connectivity index (χ2v) is 5.24. The molecule has 1 heterocycles. The van der Waals surface area contributed by atoms with Crippen LogP contribution in [0.15, 0.2) is 42.5 Å². The lowest BCUT2D eigenvalue weighted by Crippen LogP contribution is -2.24. The topological polar surface area (TPSA) is 54.3 Å². The molecular formula is C18H18N2O2. The minimum Gasteiger partial charge on any atom is -0.496 e. The summed E-state index contributed by atoms with van der Waals surface area (Å²) < 4.78 is 11.0. The first-order chi connectivity index (χ1) is 10.8. The Labute approximate surface area is 130 Å². The molecule has 2 aromatic rings. The molecule has 0 aliphatic carbocycles. The maximum atomic E-state index is 8.93. The minimum atomic E-state index is 0.237. The first kappa shape index (κ1) is 14.4. The number of benzene rings is 2. The molecule has 0 amide bonds. The molecule has 4 nitrogen and oxygen atoms in total. The third kappa shape index (κ3) is 2.90. The number of nitrogens with one attached hydrogen (secondary N) is 1. The van der Waals surface area contributed by atoms with E-state index in [-0.39, 0.29) is 6.04 Å². The fraction of sp³-hybridized carbons (Fsp3) is 0.278. The summed E-state index contributed by atoms with van der Waals surface area (Å²) >= 11 is 0. The van der Waals surface area contributed by atoms with Crippen molar-refractivity contribution in [2.45, 2.75) is 12.5 Å². The van der Waals surface area contributed by atoms with Gasteiger partial charge >= 0.3 is 0 Å². The van der Waals surface area contributed by atoms with Gasteiger partial charge in [0, 0.05) is 12.1 Å². The number of hydrogen-bond donors (Lipinski definition) is 1. The number of methoxy groups -OCH3 is 1. The Morgan fingerprint density at radius 1 is 1.32 bits per heavy atom. The van der Waals surface area contributed by atoms with Gasteiger partial charge in [-0.05, 0) is 30.2 Å². The van der Waals surface area contributed by atoms with Crippen LogP contribution in [0.3, 0.4) is 0 Å². The van der Waals surface area contributed by atoms with E-state index in [0.29, 0.717) is 12.2 Å².